The monoisotopic (exact) mass is 378 g/mol. The molecule has 1 heterocycles. The number of benzene rings is 1. The molecule has 1 aliphatic heterocycles. The Labute approximate surface area is 162 Å². The number of methoxy groups -OCH3 is 1. The zero-order chi connectivity index (χ0) is 17.3. The van der Waals surface area contributed by atoms with Gasteiger partial charge in [-0.3, -0.25) is 4.79 Å². The van der Waals surface area contributed by atoms with Gasteiger partial charge in [0.25, 0.3) is 0 Å². The van der Waals surface area contributed by atoms with Gasteiger partial charge >= 0.3 is 0 Å². The summed E-state index contributed by atoms with van der Waals surface area (Å²) in [6, 6.07) is 8.61. The first-order valence-electron chi connectivity index (χ1n) is 9.87. The van der Waals surface area contributed by atoms with Crippen LogP contribution in [-0.4, -0.2) is 32.2 Å². The Morgan fingerprint density at radius 1 is 1.23 bits per heavy atom. The van der Waals surface area contributed by atoms with Gasteiger partial charge in [-0.2, -0.15) is 0 Å². The number of ether oxygens (including phenoxy) is 1. The number of fused-ring (bicyclic) bond motifs is 2. The second-order valence-corrected chi connectivity index (χ2v) is 8.05. The summed E-state index contributed by atoms with van der Waals surface area (Å²) in [5, 5.41) is 6.82. The van der Waals surface area contributed by atoms with E-state index in [4.69, 9.17) is 4.74 Å². The van der Waals surface area contributed by atoms with Crippen molar-refractivity contribution in [2.75, 3.05) is 20.2 Å². The standard InChI is InChI=1S/C21H30N2O2.ClH/c1-25-20-19(23-18(24)14-15-6-2-3-7-15)16-8-4-5-9-17(16)21(20)10-12-22-13-11-21;/h4-5,8-9,15,19-20,22H,2-3,6-7,10-14H2,1H3,(H,23,24);1H/t19-,20+;/m1./s1. The van der Waals surface area contributed by atoms with E-state index < -0.39 is 0 Å². The number of carbonyl (C=O) groups excluding carboxylic acids is 1. The van der Waals surface area contributed by atoms with Gasteiger partial charge < -0.3 is 15.4 Å². The molecule has 0 bridgehead atoms. The van der Waals surface area contributed by atoms with Crippen LogP contribution in [0.3, 0.4) is 0 Å². The quantitative estimate of drug-likeness (QED) is 0.843. The van der Waals surface area contributed by atoms with Gasteiger partial charge in [0.2, 0.25) is 5.91 Å². The molecule has 1 spiro atoms. The predicted molar refractivity (Wildman–Crippen MR) is 106 cm³/mol. The van der Waals surface area contributed by atoms with E-state index in [0.29, 0.717) is 12.3 Å². The van der Waals surface area contributed by atoms with E-state index in [1.54, 1.807) is 7.11 Å². The van der Waals surface area contributed by atoms with E-state index in [1.807, 2.05) is 0 Å². The molecule has 4 nitrogen and oxygen atoms in total. The zero-order valence-electron chi connectivity index (χ0n) is 15.6. The second kappa shape index (κ2) is 8.28. The SMILES string of the molecule is CO[C@H]1[C@H](NC(=O)CC2CCCC2)c2ccccc2C12CCNCC2.Cl. The number of hydrogen-bond donors (Lipinski definition) is 2. The van der Waals surface area contributed by atoms with E-state index in [-0.39, 0.29) is 35.9 Å². The van der Waals surface area contributed by atoms with E-state index in [1.165, 1.54) is 36.8 Å². The lowest BCUT2D eigenvalue weighted by atomic mass is 9.72. The maximum Gasteiger partial charge on any atom is 0.220 e. The number of rotatable bonds is 4. The maximum atomic E-state index is 12.7. The van der Waals surface area contributed by atoms with Gasteiger partial charge in [-0.15, -0.1) is 12.4 Å². The summed E-state index contributed by atoms with van der Waals surface area (Å²) in [7, 11) is 1.80. The minimum Gasteiger partial charge on any atom is -0.378 e. The van der Waals surface area contributed by atoms with Crippen molar-refractivity contribution in [2.45, 2.75) is 62.5 Å². The van der Waals surface area contributed by atoms with Crippen LogP contribution in [0.1, 0.15) is 62.1 Å². The summed E-state index contributed by atoms with van der Waals surface area (Å²) in [5.74, 6) is 0.769. The van der Waals surface area contributed by atoms with Gasteiger partial charge in [0.15, 0.2) is 0 Å². The number of hydrogen-bond acceptors (Lipinski definition) is 3. The molecule has 2 fully saturated rings. The average molecular weight is 379 g/mol. The van der Waals surface area contributed by atoms with Gasteiger partial charge in [-0.1, -0.05) is 37.1 Å². The third-order valence-electron chi connectivity index (χ3n) is 6.69. The molecule has 26 heavy (non-hydrogen) atoms. The van der Waals surface area contributed by atoms with Crippen LogP contribution in [0.25, 0.3) is 0 Å². The Kier molecular flexibility index (Phi) is 6.26. The Morgan fingerprint density at radius 2 is 1.92 bits per heavy atom. The fourth-order valence-electron chi connectivity index (χ4n) is 5.51. The average Bonchev–Trinajstić information content (AvgIpc) is 3.22. The van der Waals surface area contributed by atoms with Crippen molar-refractivity contribution in [1.29, 1.82) is 0 Å². The van der Waals surface area contributed by atoms with E-state index in [2.05, 4.69) is 34.9 Å². The summed E-state index contributed by atoms with van der Waals surface area (Å²) in [4.78, 5) is 12.7. The number of carbonyl (C=O) groups is 1. The van der Waals surface area contributed by atoms with Crippen LogP contribution in [-0.2, 0) is 14.9 Å². The third kappa shape index (κ3) is 3.39. The lowest BCUT2D eigenvalue weighted by Crippen LogP contribution is -2.49. The minimum atomic E-state index is -0.0202. The number of piperidine rings is 1. The summed E-state index contributed by atoms with van der Waals surface area (Å²) in [6.45, 7) is 2.02. The van der Waals surface area contributed by atoms with Gasteiger partial charge in [-0.25, -0.2) is 0 Å². The van der Waals surface area contributed by atoms with Crippen molar-refractivity contribution >= 4 is 18.3 Å². The van der Waals surface area contributed by atoms with Gasteiger partial charge in [-0.05, 0) is 55.8 Å². The molecule has 2 atom stereocenters. The number of halogens is 1. The van der Waals surface area contributed by atoms with Gasteiger partial charge in [0.1, 0.15) is 0 Å². The first-order chi connectivity index (χ1) is 12.2. The van der Waals surface area contributed by atoms with Crippen LogP contribution in [0.15, 0.2) is 24.3 Å². The molecule has 144 valence electrons. The molecule has 1 amide bonds. The molecule has 5 heteroatoms. The fourth-order valence-corrected chi connectivity index (χ4v) is 5.51. The van der Waals surface area contributed by atoms with E-state index >= 15 is 0 Å². The molecule has 2 N–H and O–H groups in total. The molecule has 1 saturated carbocycles. The molecule has 3 aliphatic rings. The molecule has 1 saturated heterocycles. The summed E-state index contributed by atoms with van der Waals surface area (Å²) >= 11 is 0. The van der Waals surface area contributed by atoms with Crippen molar-refractivity contribution in [2.24, 2.45) is 5.92 Å². The third-order valence-corrected chi connectivity index (χ3v) is 6.69. The molecule has 1 aromatic rings. The number of nitrogens with one attached hydrogen (secondary N) is 2. The van der Waals surface area contributed by atoms with Crippen LogP contribution in [0.2, 0.25) is 0 Å². The molecule has 1 aromatic carbocycles. The van der Waals surface area contributed by atoms with Crippen LogP contribution in [0, 0.1) is 5.92 Å². The maximum absolute atomic E-state index is 12.7. The lowest BCUT2D eigenvalue weighted by molar-refractivity contribution is -0.124. The van der Waals surface area contributed by atoms with Crippen molar-refractivity contribution < 1.29 is 9.53 Å². The van der Waals surface area contributed by atoms with Crippen LogP contribution >= 0.6 is 12.4 Å². The molecular weight excluding hydrogens is 348 g/mol. The van der Waals surface area contributed by atoms with Gasteiger partial charge in [0.05, 0.1) is 12.1 Å². The summed E-state index contributed by atoms with van der Waals surface area (Å²) in [5.41, 5.74) is 2.67. The Hall–Kier alpha value is -1.10. The summed E-state index contributed by atoms with van der Waals surface area (Å²) < 4.78 is 6.03. The van der Waals surface area contributed by atoms with Crippen molar-refractivity contribution in [3.05, 3.63) is 35.4 Å². The largest absolute Gasteiger partial charge is 0.378 e. The van der Waals surface area contributed by atoms with Crippen molar-refractivity contribution in [1.82, 2.24) is 10.6 Å². The first kappa shape index (κ1) is 19.7. The highest BCUT2D eigenvalue weighted by molar-refractivity contribution is 5.85. The first-order valence-corrected chi connectivity index (χ1v) is 9.87. The Balaban J connectivity index is 0.00000196. The van der Waals surface area contributed by atoms with Crippen LogP contribution in [0.4, 0.5) is 0 Å². The highest BCUT2D eigenvalue weighted by atomic mass is 35.5. The van der Waals surface area contributed by atoms with E-state index in [9.17, 15) is 4.79 Å². The molecule has 0 aromatic heterocycles. The van der Waals surface area contributed by atoms with Crippen LogP contribution < -0.4 is 10.6 Å². The smallest absolute Gasteiger partial charge is 0.220 e. The second-order valence-electron chi connectivity index (χ2n) is 8.05. The predicted octanol–water partition coefficient (Wildman–Crippen LogP) is 3.50. The zero-order valence-corrected chi connectivity index (χ0v) is 16.4. The highest BCUT2D eigenvalue weighted by Gasteiger charge is 2.53. The molecule has 4 rings (SSSR count). The topological polar surface area (TPSA) is 50.4 Å². The number of amides is 1. The molecule has 0 radical (unpaired) electrons. The minimum absolute atomic E-state index is 0. The summed E-state index contributed by atoms with van der Waals surface area (Å²) in [6.07, 6.45) is 7.80. The van der Waals surface area contributed by atoms with Crippen LogP contribution in [0.5, 0.6) is 0 Å². The van der Waals surface area contributed by atoms with E-state index in [0.717, 1.165) is 25.9 Å². The molecule has 0 unspecified atom stereocenters. The fraction of sp³-hybridized carbons (Fsp3) is 0.667. The van der Waals surface area contributed by atoms with Gasteiger partial charge in [0, 0.05) is 18.9 Å². The van der Waals surface area contributed by atoms with Crippen molar-refractivity contribution in [3.8, 4) is 0 Å². The Bertz CT molecular complexity index is 624. The normalized spacial score (nSPS) is 27.1. The molecular formula is C21H31ClN2O2. The Morgan fingerprint density at radius 3 is 2.62 bits per heavy atom. The highest BCUT2D eigenvalue weighted by Crippen LogP contribution is 2.51. The lowest BCUT2D eigenvalue weighted by Gasteiger charge is -2.40. The van der Waals surface area contributed by atoms with Crippen molar-refractivity contribution in [3.63, 3.8) is 0 Å². The molecule has 2 aliphatic carbocycles.